The van der Waals surface area contributed by atoms with Gasteiger partial charge in [-0.3, -0.25) is 0 Å². The van der Waals surface area contributed by atoms with Crippen LogP contribution in [0.3, 0.4) is 0 Å². The molecule has 0 radical (unpaired) electrons. The molecule has 0 fully saturated rings. The van der Waals surface area contributed by atoms with Crippen LogP contribution in [0.4, 0.5) is 0 Å². The van der Waals surface area contributed by atoms with Crippen LogP contribution in [0.2, 0.25) is 19.6 Å². The molecule has 0 aliphatic carbocycles. The van der Waals surface area contributed by atoms with E-state index in [1.54, 1.807) is 4.53 Å². The van der Waals surface area contributed by atoms with Crippen LogP contribution in [0.5, 0.6) is 0 Å². The van der Waals surface area contributed by atoms with Crippen LogP contribution < -0.4 is 0 Å². The number of thioether (sulfide) groups is 1. The summed E-state index contributed by atoms with van der Waals surface area (Å²) in [6.07, 6.45) is 2.28. The van der Waals surface area contributed by atoms with E-state index in [-0.39, 0.29) is 0 Å². The van der Waals surface area contributed by atoms with E-state index in [0.717, 1.165) is 0 Å². The fraction of sp³-hybridized carbons (Fsp3) is 0.750. The molecule has 0 aromatic carbocycles. The summed E-state index contributed by atoms with van der Waals surface area (Å²) < 4.78 is 1.63. The van der Waals surface area contributed by atoms with Gasteiger partial charge in [0.05, 0.1) is 8.07 Å². The van der Waals surface area contributed by atoms with Crippen LogP contribution in [-0.2, 0) is 0 Å². The van der Waals surface area contributed by atoms with Gasteiger partial charge in [0.25, 0.3) is 0 Å². The van der Waals surface area contributed by atoms with Crippen LogP contribution >= 0.6 is 11.8 Å². The van der Waals surface area contributed by atoms with Crippen LogP contribution in [0.15, 0.2) is 10.6 Å². The van der Waals surface area contributed by atoms with Gasteiger partial charge in [0.1, 0.15) is 0 Å². The molecule has 0 atom stereocenters. The highest BCUT2D eigenvalue weighted by Gasteiger charge is 2.17. The highest BCUT2D eigenvalue weighted by molar-refractivity contribution is 8.05. The molecule has 0 heterocycles. The van der Waals surface area contributed by atoms with Gasteiger partial charge in [0.15, 0.2) is 0 Å². The normalized spacial score (nSPS) is 13.9. The van der Waals surface area contributed by atoms with E-state index in [1.807, 2.05) is 11.8 Å². The number of hydrogen-bond donors (Lipinski definition) is 0. The summed E-state index contributed by atoms with van der Waals surface area (Å²) in [6, 6.07) is 0. The van der Waals surface area contributed by atoms with Gasteiger partial charge in [-0.2, -0.15) is 0 Å². The highest BCUT2D eigenvalue weighted by Crippen LogP contribution is 2.25. The summed E-state index contributed by atoms with van der Waals surface area (Å²) in [5, 5.41) is 0. The molecule has 0 amide bonds. The Kier molecular flexibility index (Phi) is 4.37. The molecule has 0 aromatic rings. The first-order valence-electron chi connectivity index (χ1n) is 3.82. The van der Waals surface area contributed by atoms with Gasteiger partial charge < -0.3 is 0 Å². The van der Waals surface area contributed by atoms with Gasteiger partial charge in [-0.05, 0) is 17.2 Å². The van der Waals surface area contributed by atoms with Crippen molar-refractivity contribution in [3.8, 4) is 0 Å². The first-order chi connectivity index (χ1) is 4.52. The van der Waals surface area contributed by atoms with Crippen molar-refractivity contribution in [3.63, 3.8) is 0 Å². The Balaban J connectivity index is 4.10. The summed E-state index contributed by atoms with van der Waals surface area (Å²) >= 11 is 2.01. The molecule has 0 saturated heterocycles. The summed E-state index contributed by atoms with van der Waals surface area (Å²) in [5.74, 6) is 1.21. The number of rotatable bonds is 3. The third-order valence-electron chi connectivity index (χ3n) is 1.30. The number of allylic oxidation sites excluding steroid dienone is 1. The molecule has 10 heavy (non-hydrogen) atoms. The third kappa shape index (κ3) is 3.47. The average Bonchev–Trinajstić information content (AvgIpc) is 1.80. The molecule has 0 saturated carbocycles. The van der Waals surface area contributed by atoms with Gasteiger partial charge in [-0.25, -0.2) is 0 Å². The molecular formula is C8H18SSi. The fourth-order valence-electron chi connectivity index (χ4n) is 0.888. The van der Waals surface area contributed by atoms with Crippen LogP contribution in [0, 0.1) is 0 Å². The van der Waals surface area contributed by atoms with E-state index in [0.29, 0.717) is 0 Å². The molecule has 0 N–H and O–H groups in total. The van der Waals surface area contributed by atoms with Gasteiger partial charge in [-0.15, -0.1) is 11.8 Å². The minimum absolute atomic E-state index is 0.984. The Labute approximate surface area is 70.1 Å². The van der Waals surface area contributed by atoms with Crippen molar-refractivity contribution in [1.29, 1.82) is 0 Å². The molecule has 0 aliphatic heterocycles. The second kappa shape index (κ2) is 4.24. The smallest absolute Gasteiger partial charge is 0.0853 e. The zero-order chi connectivity index (χ0) is 8.20. The lowest BCUT2D eigenvalue weighted by molar-refractivity contribution is 1.53. The minimum atomic E-state index is -0.984. The van der Waals surface area contributed by atoms with E-state index in [1.165, 1.54) is 5.75 Å². The molecule has 0 spiro atoms. The summed E-state index contributed by atoms with van der Waals surface area (Å²) in [6.45, 7) is 11.5. The predicted molar refractivity (Wildman–Crippen MR) is 55.2 cm³/mol. The van der Waals surface area contributed by atoms with E-state index in [9.17, 15) is 0 Å². The maximum Gasteiger partial charge on any atom is 0.0853 e. The Morgan fingerprint density at radius 3 is 2.00 bits per heavy atom. The van der Waals surface area contributed by atoms with E-state index in [4.69, 9.17) is 0 Å². The molecule has 0 unspecified atom stereocenters. The van der Waals surface area contributed by atoms with Crippen molar-refractivity contribution in [2.45, 2.75) is 33.5 Å². The Bertz CT molecular complexity index is 122. The monoisotopic (exact) mass is 174 g/mol. The molecule has 60 valence electrons. The quantitative estimate of drug-likeness (QED) is 0.590. The Hall–Kier alpha value is 0.307. The highest BCUT2D eigenvalue weighted by atomic mass is 32.2. The molecular weight excluding hydrogens is 156 g/mol. The first kappa shape index (κ1) is 10.3. The lowest BCUT2D eigenvalue weighted by atomic mass is 10.8. The predicted octanol–water partition coefficient (Wildman–Crippen LogP) is 3.52. The van der Waals surface area contributed by atoms with Crippen molar-refractivity contribution in [2.24, 2.45) is 0 Å². The lowest BCUT2D eigenvalue weighted by Gasteiger charge is -2.19. The second-order valence-corrected chi connectivity index (χ2v) is 10.0. The zero-order valence-corrected chi connectivity index (χ0v) is 9.51. The standard InChI is InChI=1S/C8H18SSi/c1-6-8(9-7-2)10(3,4)5/h6H,7H2,1-5H3/b8-6-. The van der Waals surface area contributed by atoms with Gasteiger partial charge in [0.2, 0.25) is 0 Å². The second-order valence-electron chi connectivity index (χ2n) is 3.34. The number of hydrogen-bond acceptors (Lipinski definition) is 1. The maximum absolute atomic E-state index is 2.39. The summed E-state index contributed by atoms with van der Waals surface area (Å²) in [4.78, 5) is 0. The molecule has 0 aliphatic rings. The van der Waals surface area contributed by atoms with Gasteiger partial charge in [0, 0.05) is 0 Å². The van der Waals surface area contributed by atoms with Crippen molar-refractivity contribution in [3.05, 3.63) is 10.6 Å². The van der Waals surface area contributed by atoms with Gasteiger partial charge in [-0.1, -0.05) is 32.6 Å². The molecule has 0 aromatic heterocycles. The summed E-state index contributed by atoms with van der Waals surface area (Å²) in [5.41, 5.74) is 0. The fourth-order valence-corrected chi connectivity index (χ4v) is 4.40. The van der Waals surface area contributed by atoms with Gasteiger partial charge >= 0.3 is 0 Å². The van der Waals surface area contributed by atoms with Crippen molar-refractivity contribution < 1.29 is 0 Å². The third-order valence-corrected chi connectivity index (χ3v) is 6.17. The average molecular weight is 174 g/mol. The summed E-state index contributed by atoms with van der Waals surface area (Å²) in [7, 11) is -0.984. The molecule has 2 heteroatoms. The Morgan fingerprint density at radius 2 is 1.90 bits per heavy atom. The SMILES string of the molecule is C/C=C(/SCC)[Si](C)(C)C. The van der Waals surface area contributed by atoms with E-state index < -0.39 is 8.07 Å². The molecule has 0 rings (SSSR count). The molecule has 0 nitrogen and oxygen atoms in total. The van der Waals surface area contributed by atoms with Crippen LogP contribution in [-0.4, -0.2) is 13.8 Å². The van der Waals surface area contributed by atoms with Crippen molar-refractivity contribution >= 4 is 19.8 Å². The largest absolute Gasteiger partial charge is 0.136 e. The van der Waals surface area contributed by atoms with Crippen LogP contribution in [0.1, 0.15) is 13.8 Å². The first-order valence-corrected chi connectivity index (χ1v) is 8.30. The minimum Gasteiger partial charge on any atom is -0.136 e. The van der Waals surface area contributed by atoms with Crippen LogP contribution in [0.25, 0.3) is 0 Å². The van der Waals surface area contributed by atoms with E-state index >= 15 is 0 Å². The lowest BCUT2D eigenvalue weighted by Crippen LogP contribution is -2.21. The zero-order valence-electron chi connectivity index (χ0n) is 7.69. The van der Waals surface area contributed by atoms with Crippen molar-refractivity contribution in [2.75, 3.05) is 5.75 Å². The maximum atomic E-state index is 2.39. The van der Waals surface area contributed by atoms with Crippen molar-refractivity contribution in [1.82, 2.24) is 0 Å². The Morgan fingerprint density at radius 1 is 1.40 bits per heavy atom. The topological polar surface area (TPSA) is 0 Å². The van der Waals surface area contributed by atoms with E-state index in [2.05, 4.69) is 39.6 Å². The molecule has 0 bridgehead atoms.